The Hall–Kier alpha value is -2.08. The predicted octanol–water partition coefficient (Wildman–Crippen LogP) is 4.82. The number of rotatable bonds is 6. The Kier molecular flexibility index (Phi) is 7.98. The van der Waals surface area contributed by atoms with Crippen molar-refractivity contribution < 1.29 is 9.59 Å². The van der Waals surface area contributed by atoms with Crippen LogP contribution < -0.4 is 0 Å². The van der Waals surface area contributed by atoms with Gasteiger partial charge in [-0.25, -0.2) is 0 Å². The minimum absolute atomic E-state index is 0.00403. The summed E-state index contributed by atoms with van der Waals surface area (Å²) in [6.45, 7) is 10.3. The Morgan fingerprint density at radius 1 is 0.935 bits per heavy atom. The molecule has 1 heterocycles. The van der Waals surface area contributed by atoms with Gasteiger partial charge in [-0.1, -0.05) is 48.3 Å². The molecular weight excluding hydrogens is 433 g/mol. The fourth-order valence-electron chi connectivity index (χ4n) is 3.78. The maximum atomic E-state index is 12.9. The zero-order chi connectivity index (χ0) is 22.5. The van der Waals surface area contributed by atoms with E-state index < -0.39 is 0 Å². The number of amides is 2. The van der Waals surface area contributed by atoms with Gasteiger partial charge in [0.15, 0.2) is 0 Å². The van der Waals surface area contributed by atoms with E-state index >= 15 is 0 Å². The van der Waals surface area contributed by atoms with Crippen molar-refractivity contribution in [1.82, 2.24) is 14.7 Å². The van der Waals surface area contributed by atoms with Crippen LogP contribution in [-0.4, -0.2) is 65.3 Å². The van der Waals surface area contributed by atoms with Crippen LogP contribution in [0.5, 0.6) is 0 Å². The van der Waals surface area contributed by atoms with Gasteiger partial charge in [-0.05, 0) is 50.2 Å². The van der Waals surface area contributed by atoms with Crippen molar-refractivity contribution in [3.63, 3.8) is 0 Å². The van der Waals surface area contributed by atoms with Gasteiger partial charge in [-0.3, -0.25) is 14.5 Å². The lowest BCUT2D eigenvalue weighted by Gasteiger charge is -2.35. The van der Waals surface area contributed by atoms with E-state index in [1.807, 2.05) is 24.3 Å². The van der Waals surface area contributed by atoms with E-state index in [1.165, 1.54) is 5.56 Å². The molecule has 0 unspecified atom stereocenters. The Morgan fingerprint density at radius 2 is 1.52 bits per heavy atom. The molecule has 166 valence electrons. The predicted molar refractivity (Wildman–Crippen MR) is 126 cm³/mol. The minimum atomic E-state index is -0.158. The highest BCUT2D eigenvalue weighted by Gasteiger charge is 2.27. The van der Waals surface area contributed by atoms with Gasteiger partial charge in [0.05, 0.1) is 15.6 Å². The first-order valence-electron chi connectivity index (χ1n) is 10.7. The summed E-state index contributed by atoms with van der Waals surface area (Å²) >= 11 is 12.2. The number of nitrogens with zero attached hydrogens (tertiary/aromatic N) is 3. The molecule has 1 fully saturated rings. The van der Waals surface area contributed by atoms with Crippen LogP contribution >= 0.6 is 23.2 Å². The largest absolute Gasteiger partial charge is 0.335 e. The first-order valence-corrected chi connectivity index (χ1v) is 11.4. The number of hydrogen-bond acceptors (Lipinski definition) is 3. The van der Waals surface area contributed by atoms with Crippen molar-refractivity contribution in [2.45, 2.75) is 33.4 Å². The third kappa shape index (κ3) is 5.59. The molecule has 0 spiro atoms. The van der Waals surface area contributed by atoms with Crippen LogP contribution in [-0.2, 0) is 6.54 Å². The minimum Gasteiger partial charge on any atom is -0.335 e. The summed E-state index contributed by atoms with van der Waals surface area (Å²) in [6, 6.07) is 13.4. The van der Waals surface area contributed by atoms with Crippen molar-refractivity contribution in [1.29, 1.82) is 0 Å². The van der Waals surface area contributed by atoms with Crippen molar-refractivity contribution in [2.75, 3.05) is 32.7 Å². The fraction of sp³-hybridized carbons (Fsp3) is 0.417. The number of carbonyl (C=O) groups is 2. The van der Waals surface area contributed by atoms with E-state index in [1.54, 1.807) is 28.0 Å². The van der Waals surface area contributed by atoms with Crippen LogP contribution in [0.25, 0.3) is 0 Å². The standard InChI is InChI=1S/C24H29Cl2N3O2/c1-4-27(17(2)3)16-18-8-10-19(11-9-18)23(30)28-12-14-29(15-13-28)24(31)20-6-5-7-21(25)22(20)26/h5-11,17H,4,12-16H2,1-3H3. The lowest BCUT2D eigenvalue weighted by atomic mass is 10.1. The second kappa shape index (κ2) is 10.5. The van der Waals surface area contributed by atoms with Crippen LogP contribution in [0.4, 0.5) is 0 Å². The first-order chi connectivity index (χ1) is 14.8. The molecule has 0 bridgehead atoms. The highest BCUT2D eigenvalue weighted by molar-refractivity contribution is 6.43. The third-order valence-electron chi connectivity index (χ3n) is 5.76. The van der Waals surface area contributed by atoms with Crippen molar-refractivity contribution in [3.8, 4) is 0 Å². The second-order valence-electron chi connectivity index (χ2n) is 8.04. The molecule has 0 saturated carbocycles. The lowest BCUT2D eigenvalue weighted by Crippen LogP contribution is -2.50. The van der Waals surface area contributed by atoms with Crippen LogP contribution in [0, 0.1) is 0 Å². The van der Waals surface area contributed by atoms with Crippen molar-refractivity contribution >= 4 is 35.0 Å². The van der Waals surface area contributed by atoms with Gasteiger partial charge >= 0.3 is 0 Å². The number of benzene rings is 2. The topological polar surface area (TPSA) is 43.9 Å². The normalized spacial score (nSPS) is 14.4. The maximum Gasteiger partial charge on any atom is 0.255 e. The molecule has 0 N–H and O–H groups in total. The molecule has 1 aliphatic rings. The highest BCUT2D eigenvalue weighted by Crippen LogP contribution is 2.27. The zero-order valence-corrected chi connectivity index (χ0v) is 19.8. The molecule has 2 amide bonds. The molecule has 0 radical (unpaired) electrons. The number of carbonyl (C=O) groups excluding carboxylic acids is 2. The summed E-state index contributed by atoms with van der Waals surface area (Å²) < 4.78 is 0. The Bertz CT molecular complexity index is 923. The highest BCUT2D eigenvalue weighted by atomic mass is 35.5. The summed E-state index contributed by atoms with van der Waals surface area (Å²) in [5, 5.41) is 0.632. The Balaban J connectivity index is 1.59. The number of halogens is 2. The monoisotopic (exact) mass is 461 g/mol. The summed E-state index contributed by atoms with van der Waals surface area (Å²) in [5.74, 6) is -0.162. The Labute approximate surface area is 194 Å². The van der Waals surface area contributed by atoms with Gasteiger partial charge in [-0.15, -0.1) is 0 Å². The quantitative estimate of drug-likeness (QED) is 0.618. The van der Waals surface area contributed by atoms with E-state index in [9.17, 15) is 9.59 Å². The third-order valence-corrected chi connectivity index (χ3v) is 6.58. The summed E-state index contributed by atoms with van der Waals surface area (Å²) in [6.07, 6.45) is 0. The van der Waals surface area contributed by atoms with Crippen LogP contribution in [0.2, 0.25) is 10.0 Å². The average molecular weight is 462 g/mol. The first kappa shape index (κ1) is 23.6. The molecule has 0 aliphatic carbocycles. The van der Waals surface area contributed by atoms with Gasteiger partial charge in [0.25, 0.3) is 11.8 Å². The zero-order valence-electron chi connectivity index (χ0n) is 18.3. The van der Waals surface area contributed by atoms with E-state index in [2.05, 4.69) is 25.7 Å². The van der Waals surface area contributed by atoms with Crippen LogP contribution in [0.15, 0.2) is 42.5 Å². The van der Waals surface area contributed by atoms with E-state index in [4.69, 9.17) is 23.2 Å². The molecule has 2 aromatic carbocycles. The van der Waals surface area contributed by atoms with Crippen LogP contribution in [0.3, 0.4) is 0 Å². The molecule has 2 aromatic rings. The van der Waals surface area contributed by atoms with Gasteiger partial charge in [0.2, 0.25) is 0 Å². The summed E-state index contributed by atoms with van der Waals surface area (Å²) in [4.78, 5) is 31.6. The SMILES string of the molecule is CCN(Cc1ccc(C(=O)N2CCN(C(=O)c3cccc(Cl)c3Cl)CC2)cc1)C(C)C. The smallest absolute Gasteiger partial charge is 0.255 e. The summed E-state index contributed by atoms with van der Waals surface area (Å²) in [7, 11) is 0. The number of hydrogen-bond donors (Lipinski definition) is 0. The van der Waals surface area contributed by atoms with Gasteiger partial charge in [0.1, 0.15) is 0 Å². The molecule has 3 rings (SSSR count). The fourth-order valence-corrected chi connectivity index (χ4v) is 4.16. The van der Waals surface area contributed by atoms with E-state index in [-0.39, 0.29) is 16.8 Å². The molecule has 0 atom stereocenters. The number of piperazine rings is 1. The molecule has 31 heavy (non-hydrogen) atoms. The molecule has 1 aliphatic heterocycles. The van der Waals surface area contributed by atoms with Crippen LogP contribution in [0.1, 0.15) is 47.1 Å². The maximum absolute atomic E-state index is 12.9. The second-order valence-corrected chi connectivity index (χ2v) is 8.82. The van der Waals surface area contributed by atoms with Crippen molar-refractivity contribution in [3.05, 3.63) is 69.2 Å². The molecular formula is C24H29Cl2N3O2. The summed E-state index contributed by atoms with van der Waals surface area (Å²) in [5.41, 5.74) is 2.27. The van der Waals surface area contributed by atoms with Gasteiger partial charge in [0, 0.05) is 44.3 Å². The van der Waals surface area contributed by atoms with Crippen molar-refractivity contribution in [2.24, 2.45) is 0 Å². The van der Waals surface area contributed by atoms with Gasteiger partial charge in [-0.2, -0.15) is 0 Å². The van der Waals surface area contributed by atoms with Gasteiger partial charge < -0.3 is 9.80 Å². The lowest BCUT2D eigenvalue weighted by molar-refractivity contribution is 0.0535. The molecule has 7 heteroatoms. The molecule has 5 nitrogen and oxygen atoms in total. The average Bonchev–Trinajstić information content (AvgIpc) is 2.78. The molecule has 1 saturated heterocycles. The van der Waals surface area contributed by atoms with E-state index in [0.717, 1.165) is 13.1 Å². The van der Waals surface area contributed by atoms with E-state index in [0.29, 0.717) is 48.4 Å². The Morgan fingerprint density at radius 3 is 2.06 bits per heavy atom. The molecule has 0 aromatic heterocycles.